The fourth-order valence-electron chi connectivity index (χ4n) is 3.11. The summed E-state index contributed by atoms with van der Waals surface area (Å²) >= 11 is 0. The van der Waals surface area contributed by atoms with Crippen molar-refractivity contribution in [3.05, 3.63) is 34.4 Å². The van der Waals surface area contributed by atoms with Crippen LogP contribution >= 0.6 is 0 Å². The molecule has 1 aliphatic rings. The van der Waals surface area contributed by atoms with Crippen LogP contribution in [-0.2, 0) is 10.3 Å². The summed E-state index contributed by atoms with van der Waals surface area (Å²) in [4.78, 5) is 0. The summed E-state index contributed by atoms with van der Waals surface area (Å²) < 4.78 is 5.44. The fourth-order valence-corrected chi connectivity index (χ4v) is 3.11. The van der Waals surface area contributed by atoms with Crippen LogP contribution < -0.4 is 0 Å². The summed E-state index contributed by atoms with van der Waals surface area (Å²) in [6, 6.07) is 4.34. The third-order valence-corrected chi connectivity index (χ3v) is 4.36. The maximum atomic E-state index is 11.0. The Morgan fingerprint density at radius 2 is 1.83 bits per heavy atom. The summed E-state index contributed by atoms with van der Waals surface area (Å²) in [6.07, 6.45) is 3.83. The van der Waals surface area contributed by atoms with Gasteiger partial charge >= 0.3 is 0 Å². The molecule has 0 aromatic heterocycles. The molecule has 0 spiro atoms. The molecule has 1 saturated carbocycles. The predicted octanol–water partition coefficient (Wildman–Crippen LogP) is 3.39. The SMILES string of the molecule is COC1CCCC(O)(c2cc(C)c(C)cc2C)C1. The van der Waals surface area contributed by atoms with Gasteiger partial charge in [-0.25, -0.2) is 0 Å². The van der Waals surface area contributed by atoms with Gasteiger partial charge in [0.05, 0.1) is 11.7 Å². The second kappa shape index (κ2) is 5.02. The minimum Gasteiger partial charge on any atom is -0.385 e. The first kappa shape index (κ1) is 13.6. The van der Waals surface area contributed by atoms with Crippen LogP contribution in [0, 0.1) is 20.8 Å². The van der Waals surface area contributed by atoms with Gasteiger partial charge in [0.2, 0.25) is 0 Å². The molecule has 0 radical (unpaired) electrons. The quantitative estimate of drug-likeness (QED) is 0.869. The number of rotatable bonds is 2. The Labute approximate surface area is 110 Å². The Balaban J connectivity index is 2.37. The molecule has 2 rings (SSSR count). The van der Waals surface area contributed by atoms with Crippen molar-refractivity contribution in [2.75, 3.05) is 7.11 Å². The van der Waals surface area contributed by atoms with Gasteiger partial charge in [0.25, 0.3) is 0 Å². The topological polar surface area (TPSA) is 29.5 Å². The molecule has 2 nitrogen and oxygen atoms in total. The van der Waals surface area contributed by atoms with Crippen LogP contribution in [0.5, 0.6) is 0 Å². The lowest BCUT2D eigenvalue weighted by molar-refractivity contribution is -0.0635. The van der Waals surface area contributed by atoms with Crippen molar-refractivity contribution in [3.8, 4) is 0 Å². The van der Waals surface area contributed by atoms with Gasteiger partial charge in [-0.15, -0.1) is 0 Å². The standard InChI is InChI=1S/C16H24O2/c1-11-8-13(3)15(9-12(11)2)16(17)7-5-6-14(10-16)18-4/h8-9,14,17H,5-7,10H2,1-4H3. The Morgan fingerprint density at radius 3 is 2.50 bits per heavy atom. The molecule has 0 saturated heterocycles. The van der Waals surface area contributed by atoms with E-state index in [9.17, 15) is 5.11 Å². The number of hydrogen-bond donors (Lipinski definition) is 1. The minimum atomic E-state index is -0.707. The first-order chi connectivity index (χ1) is 8.46. The average Bonchev–Trinajstić information content (AvgIpc) is 2.33. The van der Waals surface area contributed by atoms with Crippen LogP contribution in [0.4, 0.5) is 0 Å². The Morgan fingerprint density at radius 1 is 1.17 bits per heavy atom. The van der Waals surface area contributed by atoms with Gasteiger partial charge in [-0.3, -0.25) is 0 Å². The van der Waals surface area contributed by atoms with Crippen LogP contribution in [0.25, 0.3) is 0 Å². The van der Waals surface area contributed by atoms with Gasteiger partial charge in [-0.05, 0) is 62.3 Å². The Hall–Kier alpha value is -0.860. The molecule has 1 fully saturated rings. The maximum absolute atomic E-state index is 11.0. The smallest absolute Gasteiger partial charge is 0.0923 e. The maximum Gasteiger partial charge on any atom is 0.0923 e. The highest BCUT2D eigenvalue weighted by atomic mass is 16.5. The summed E-state index contributed by atoms with van der Waals surface area (Å²) in [5.41, 5.74) is 4.12. The molecule has 2 heteroatoms. The third-order valence-electron chi connectivity index (χ3n) is 4.36. The van der Waals surface area contributed by atoms with E-state index in [1.165, 1.54) is 16.7 Å². The molecule has 2 unspecified atom stereocenters. The van der Waals surface area contributed by atoms with Gasteiger partial charge in [0.15, 0.2) is 0 Å². The van der Waals surface area contributed by atoms with Crippen LogP contribution in [0.1, 0.15) is 47.9 Å². The highest BCUT2D eigenvalue weighted by Gasteiger charge is 2.37. The van der Waals surface area contributed by atoms with E-state index in [-0.39, 0.29) is 6.10 Å². The zero-order chi connectivity index (χ0) is 13.3. The second-order valence-electron chi connectivity index (χ2n) is 5.74. The number of ether oxygens (including phenoxy) is 1. The molecular weight excluding hydrogens is 224 g/mol. The molecule has 18 heavy (non-hydrogen) atoms. The summed E-state index contributed by atoms with van der Waals surface area (Å²) in [6.45, 7) is 6.32. The summed E-state index contributed by atoms with van der Waals surface area (Å²) in [7, 11) is 1.74. The molecule has 100 valence electrons. The van der Waals surface area contributed by atoms with E-state index in [4.69, 9.17) is 4.74 Å². The van der Waals surface area contributed by atoms with E-state index in [2.05, 4.69) is 32.9 Å². The van der Waals surface area contributed by atoms with Crippen molar-refractivity contribution in [3.63, 3.8) is 0 Å². The summed E-state index contributed by atoms with van der Waals surface area (Å²) in [5, 5.41) is 11.0. The lowest BCUT2D eigenvalue weighted by atomic mass is 9.76. The van der Waals surface area contributed by atoms with Crippen molar-refractivity contribution in [2.45, 2.75) is 58.2 Å². The molecular formula is C16H24O2. The van der Waals surface area contributed by atoms with Crippen molar-refractivity contribution < 1.29 is 9.84 Å². The van der Waals surface area contributed by atoms with Gasteiger partial charge in [0.1, 0.15) is 0 Å². The number of benzene rings is 1. The lowest BCUT2D eigenvalue weighted by Gasteiger charge is -2.37. The van der Waals surface area contributed by atoms with Gasteiger partial charge in [0, 0.05) is 13.5 Å². The second-order valence-corrected chi connectivity index (χ2v) is 5.74. The van der Waals surface area contributed by atoms with Crippen LogP contribution in [-0.4, -0.2) is 18.3 Å². The number of methoxy groups -OCH3 is 1. The van der Waals surface area contributed by atoms with E-state index in [1.807, 2.05) is 0 Å². The lowest BCUT2D eigenvalue weighted by Crippen LogP contribution is -2.36. The number of aryl methyl sites for hydroxylation is 3. The van der Waals surface area contributed by atoms with Crippen LogP contribution in [0.15, 0.2) is 12.1 Å². The third kappa shape index (κ3) is 2.45. The van der Waals surface area contributed by atoms with Crippen molar-refractivity contribution >= 4 is 0 Å². The molecule has 0 aliphatic heterocycles. The van der Waals surface area contributed by atoms with Crippen LogP contribution in [0.2, 0.25) is 0 Å². The van der Waals surface area contributed by atoms with Gasteiger partial charge < -0.3 is 9.84 Å². The largest absolute Gasteiger partial charge is 0.385 e. The zero-order valence-corrected chi connectivity index (χ0v) is 11.9. The molecule has 1 aromatic rings. The normalized spacial score (nSPS) is 28.4. The highest BCUT2D eigenvalue weighted by molar-refractivity contribution is 5.40. The average molecular weight is 248 g/mol. The number of hydrogen-bond acceptors (Lipinski definition) is 2. The minimum absolute atomic E-state index is 0.185. The molecule has 0 heterocycles. The van der Waals surface area contributed by atoms with E-state index in [1.54, 1.807) is 7.11 Å². The zero-order valence-electron chi connectivity index (χ0n) is 11.9. The van der Waals surface area contributed by atoms with E-state index < -0.39 is 5.60 Å². The first-order valence-electron chi connectivity index (χ1n) is 6.80. The van der Waals surface area contributed by atoms with Crippen molar-refractivity contribution in [1.82, 2.24) is 0 Å². The Kier molecular flexibility index (Phi) is 3.79. The van der Waals surface area contributed by atoms with Crippen molar-refractivity contribution in [1.29, 1.82) is 0 Å². The predicted molar refractivity (Wildman–Crippen MR) is 73.8 cm³/mol. The van der Waals surface area contributed by atoms with Crippen LogP contribution in [0.3, 0.4) is 0 Å². The molecule has 0 amide bonds. The molecule has 2 atom stereocenters. The van der Waals surface area contributed by atoms with Gasteiger partial charge in [-0.1, -0.05) is 12.1 Å². The highest BCUT2D eigenvalue weighted by Crippen LogP contribution is 2.40. The summed E-state index contributed by atoms with van der Waals surface area (Å²) in [5.74, 6) is 0. The number of aliphatic hydroxyl groups is 1. The van der Waals surface area contributed by atoms with E-state index in [0.717, 1.165) is 24.8 Å². The van der Waals surface area contributed by atoms with E-state index >= 15 is 0 Å². The first-order valence-corrected chi connectivity index (χ1v) is 6.80. The fraction of sp³-hybridized carbons (Fsp3) is 0.625. The molecule has 1 aromatic carbocycles. The molecule has 1 N–H and O–H groups in total. The molecule has 0 bridgehead atoms. The Bertz CT molecular complexity index is 439. The monoisotopic (exact) mass is 248 g/mol. The van der Waals surface area contributed by atoms with Gasteiger partial charge in [-0.2, -0.15) is 0 Å². The van der Waals surface area contributed by atoms with Crippen molar-refractivity contribution in [2.24, 2.45) is 0 Å². The van der Waals surface area contributed by atoms with E-state index in [0.29, 0.717) is 6.42 Å². The molecule has 1 aliphatic carbocycles.